The van der Waals surface area contributed by atoms with Gasteiger partial charge in [-0.3, -0.25) is 4.79 Å². The second-order valence-electron chi connectivity index (χ2n) is 7.95. The minimum Gasteiger partial charge on any atom is -0.423 e. The monoisotopic (exact) mass is 459 g/mol. The number of aromatic nitrogens is 2. The molecule has 0 saturated carbocycles. The van der Waals surface area contributed by atoms with E-state index < -0.39 is 5.97 Å². The van der Waals surface area contributed by atoms with Gasteiger partial charge in [0.25, 0.3) is 0 Å². The average Bonchev–Trinajstić information content (AvgIpc) is 2.89. The number of benzene rings is 4. The number of nitrogens with zero attached hydrogens (tertiary/aromatic N) is 2. The van der Waals surface area contributed by atoms with Crippen LogP contribution in [-0.4, -0.2) is 21.8 Å². The lowest BCUT2D eigenvalue weighted by atomic mass is 10.0. The summed E-state index contributed by atoms with van der Waals surface area (Å²) in [6.07, 6.45) is 0. The first-order valence-electron chi connectivity index (χ1n) is 11.1. The second kappa shape index (κ2) is 9.57. The van der Waals surface area contributed by atoms with Gasteiger partial charge in [-0.15, -0.1) is 0 Å². The van der Waals surface area contributed by atoms with Gasteiger partial charge >= 0.3 is 5.97 Å². The number of fused-ring (bicyclic) bond motifs is 1. The number of hydrogen-bond acceptors (Lipinski definition) is 5. The number of carbonyl (C=O) groups excluding carboxylic acids is 2. The number of nitrogens with one attached hydrogen (secondary N) is 1. The van der Waals surface area contributed by atoms with E-state index in [2.05, 4.69) is 5.32 Å². The molecular formula is C29H21N3O3. The van der Waals surface area contributed by atoms with Crippen LogP contribution in [0.25, 0.3) is 33.5 Å². The Labute approximate surface area is 202 Å². The van der Waals surface area contributed by atoms with Gasteiger partial charge in [0.1, 0.15) is 5.75 Å². The van der Waals surface area contributed by atoms with Crippen LogP contribution in [0.1, 0.15) is 17.3 Å². The van der Waals surface area contributed by atoms with Crippen molar-refractivity contribution < 1.29 is 14.3 Å². The van der Waals surface area contributed by atoms with Gasteiger partial charge in [0, 0.05) is 23.7 Å². The third kappa shape index (κ3) is 4.91. The fourth-order valence-corrected chi connectivity index (χ4v) is 3.75. The first-order chi connectivity index (χ1) is 17.1. The van der Waals surface area contributed by atoms with Crippen LogP contribution in [0.3, 0.4) is 0 Å². The zero-order valence-corrected chi connectivity index (χ0v) is 18.9. The van der Waals surface area contributed by atoms with Gasteiger partial charge in [0.15, 0.2) is 0 Å². The highest BCUT2D eigenvalue weighted by Gasteiger charge is 2.15. The van der Waals surface area contributed by atoms with Crippen molar-refractivity contribution in [3.05, 3.63) is 109 Å². The lowest BCUT2D eigenvalue weighted by molar-refractivity contribution is -0.114. The Kier molecular flexibility index (Phi) is 6.01. The number of anilines is 1. The molecule has 170 valence electrons. The molecule has 1 aromatic heterocycles. The first kappa shape index (κ1) is 22.0. The average molecular weight is 460 g/mol. The molecule has 0 aliphatic carbocycles. The summed E-state index contributed by atoms with van der Waals surface area (Å²) in [4.78, 5) is 33.8. The molecule has 5 rings (SSSR count). The van der Waals surface area contributed by atoms with Crippen LogP contribution in [0.4, 0.5) is 5.69 Å². The van der Waals surface area contributed by atoms with Gasteiger partial charge in [0.05, 0.1) is 28.0 Å². The van der Waals surface area contributed by atoms with E-state index in [1.54, 1.807) is 42.5 Å². The smallest absolute Gasteiger partial charge is 0.343 e. The van der Waals surface area contributed by atoms with Crippen LogP contribution in [0, 0.1) is 0 Å². The number of ether oxygens (including phenoxy) is 1. The van der Waals surface area contributed by atoms with E-state index in [9.17, 15) is 9.59 Å². The van der Waals surface area contributed by atoms with Crippen LogP contribution in [0.2, 0.25) is 0 Å². The molecule has 0 bridgehead atoms. The van der Waals surface area contributed by atoms with Gasteiger partial charge in [-0.1, -0.05) is 60.7 Å². The lowest BCUT2D eigenvalue weighted by Gasteiger charge is -2.11. The predicted octanol–water partition coefficient (Wildman–Crippen LogP) is 6.14. The van der Waals surface area contributed by atoms with Crippen LogP contribution in [-0.2, 0) is 4.79 Å². The Morgan fingerprint density at radius 1 is 0.686 bits per heavy atom. The highest BCUT2D eigenvalue weighted by molar-refractivity contribution is 5.96. The van der Waals surface area contributed by atoms with E-state index in [1.807, 2.05) is 60.7 Å². The number of amides is 1. The van der Waals surface area contributed by atoms with Crippen molar-refractivity contribution in [2.24, 2.45) is 0 Å². The predicted molar refractivity (Wildman–Crippen MR) is 136 cm³/mol. The molecule has 4 aromatic carbocycles. The molecule has 0 aliphatic rings. The van der Waals surface area contributed by atoms with Gasteiger partial charge < -0.3 is 10.1 Å². The minimum absolute atomic E-state index is 0.169. The summed E-state index contributed by atoms with van der Waals surface area (Å²) in [7, 11) is 0. The molecular weight excluding hydrogens is 438 g/mol. The Bertz CT molecular complexity index is 1520. The maximum Gasteiger partial charge on any atom is 0.343 e. The summed E-state index contributed by atoms with van der Waals surface area (Å²) in [5.74, 6) is -0.300. The maximum absolute atomic E-state index is 12.8. The van der Waals surface area contributed by atoms with E-state index in [1.165, 1.54) is 6.92 Å². The topological polar surface area (TPSA) is 81.2 Å². The molecule has 0 atom stereocenters. The van der Waals surface area contributed by atoms with E-state index in [-0.39, 0.29) is 5.91 Å². The van der Waals surface area contributed by atoms with Gasteiger partial charge in [-0.2, -0.15) is 0 Å². The molecule has 0 unspecified atom stereocenters. The number of carbonyl (C=O) groups is 2. The summed E-state index contributed by atoms with van der Waals surface area (Å²) in [6, 6.07) is 31.5. The van der Waals surface area contributed by atoms with Crippen LogP contribution < -0.4 is 10.1 Å². The largest absolute Gasteiger partial charge is 0.423 e. The van der Waals surface area contributed by atoms with Gasteiger partial charge in [-0.05, 0) is 42.5 Å². The summed E-state index contributed by atoms with van der Waals surface area (Å²) < 4.78 is 5.52. The Hall–Kier alpha value is -4.84. The first-order valence-corrected chi connectivity index (χ1v) is 11.1. The van der Waals surface area contributed by atoms with Crippen molar-refractivity contribution in [2.75, 3.05) is 5.32 Å². The summed E-state index contributed by atoms with van der Waals surface area (Å²) in [5.41, 5.74) is 5.69. The van der Waals surface area contributed by atoms with Crippen molar-refractivity contribution >= 4 is 28.6 Å². The van der Waals surface area contributed by atoms with Crippen LogP contribution in [0.15, 0.2) is 103 Å². The zero-order chi connectivity index (χ0) is 24.2. The maximum atomic E-state index is 12.8. The quantitative estimate of drug-likeness (QED) is 0.252. The molecule has 5 aromatic rings. The van der Waals surface area contributed by atoms with Crippen LogP contribution in [0.5, 0.6) is 5.75 Å². The fourth-order valence-electron chi connectivity index (χ4n) is 3.75. The van der Waals surface area contributed by atoms with Crippen molar-refractivity contribution in [3.63, 3.8) is 0 Å². The van der Waals surface area contributed by atoms with E-state index in [0.717, 1.165) is 22.5 Å². The third-order valence-corrected chi connectivity index (χ3v) is 5.38. The summed E-state index contributed by atoms with van der Waals surface area (Å²) in [5, 5.41) is 2.68. The molecule has 6 nitrogen and oxygen atoms in total. The molecule has 6 heteroatoms. The zero-order valence-electron chi connectivity index (χ0n) is 18.9. The Morgan fingerprint density at radius 2 is 1.26 bits per heavy atom. The highest BCUT2D eigenvalue weighted by atomic mass is 16.5. The van der Waals surface area contributed by atoms with Gasteiger partial charge in [-0.25, -0.2) is 14.8 Å². The summed E-state index contributed by atoms with van der Waals surface area (Å²) in [6.45, 7) is 1.43. The van der Waals surface area contributed by atoms with Crippen molar-refractivity contribution in [1.29, 1.82) is 0 Å². The molecule has 35 heavy (non-hydrogen) atoms. The standard InChI is InChI=1S/C29H21N3O3/c1-19(33)30-23-13-15-24(16-14-23)35-29(34)22-12-17-25-26(18-22)32-28(21-10-6-3-7-11-21)27(31-25)20-8-4-2-5-9-20/h2-18H,1H3,(H,30,33). The highest BCUT2D eigenvalue weighted by Crippen LogP contribution is 2.31. The molecule has 1 N–H and O–H groups in total. The molecule has 0 aliphatic heterocycles. The van der Waals surface area contributed by atoms with E-state index in [0.29, 0.717) is 28.0 Å². The Balaban J connectivity index is 1.50. The number of esters is 1. The third-order valence-electron chi connectivity index (χ3n) is 5.38. The molecule has 1 amide bonds. The number of rotatable bonds is 5. The molecule has 0 radical (unpaired) electrons. The molecule has 0 saturated heterocycles. The van der Waals surface area contributed by atoms with Crippen LogP contribution >= 0.6 is 0 Å². The fraction of sp³-hybridized carbons (Fsp3) is 0.0345. The van der Waals surface area contributed by atoms with Crippen molar-refractivity contribution in [1.82, 2.24) is 9.97 Å². The normalized spacial score (nSPS) is 10.7. The van der Waals surface area contributed by atoms with E-state index >= 15 is 0 Å². The summed E-state index contributed by atoms with van der Waals surface area (Å²) >= 11 is 0. The molecule has 0 spiro atoms. The van der Waals surface area contributed by atoms with Crippen molar-refractivity contribution in [3.8, 4) is 28.3 Å². The van der Waals surface area contributed by atoms with E-state index in [4.69, 9.17) is 14.7 Å². The van der Waals surface area contributed by atoms with Gasteiger partial charge in [0.2, 0.25) is 5.91 Å². The molecule has 1 heterocycles. The minimum atomic E-state index is -0.505. The molecule has 0 fully saturated rings. The number of hydrogen-bond donors (Lipinski definition) is 1. The Morgan fingerprint density at radius 3 is 1.83 bits per heavy atom. The van der Waals surface area contributed by atoms with Crippen molar-refractivity contribution in [2.45, 2.75) is 6.92 Å². The second-order valence-corrected chi connectivity index (χ2v) is 7.95. The SMILES string of the molecule is CC(=O)Nc1ccc(OC(=O)c2ccc3nc(-c4ccccc4)c(-c4ccccc4)nc3c2)cc1. The lowest BCUT2D eigenvalue weighted by Crippen LogP contribution is -2.09.